The number of para-hydroxylation sites is 1. The van der Waals surface area contributed by atoms with Crippen molar-refractivity contribution >= 4 is 11.4 Å². The minimum atomic E-state index is 0.306. The van der Waals surface area contributed by atoms with Crippen LogP contribution in [0.2, 0.25) is 0 Å². The molecule has 0 fully saturated rings. The van der Waals surface area contributed by atoms with Crippen molar-refractivity contribution in [1.82, 2.24) is 16.0 Å². The summed E-state index contributed by atoms with van der Waals surface area (Å²) in [6.45, 7) is 13.0. The molecule has 0 aromatic heterocycles. The molecule has 0 saturated carbocycles. The summed E-state index contributed by atoms with van der Waals surface area (Å²) in [5, 5.41) is 5.63. The first-order valence-corrected chi connectivity index (χ1v) is 7.54. The molecule has 114 valence electrons. The van der Waals surface area contributed by atoms with Crippen molar-refractivity contribution in [3.05, 3.63) is 72.0 Å². The molecule has 3 rings (SSSR count). The van der Waals surface area contributed by atoms with Gasteiger partial charge in [0.2, 0.25) is 0 Å². The molecule has 3 N–H and O–H groups in total. The van der Waals surface area contributed by atoms with E-state index in [-0.39, 0.29) is 0 Å². The number of nitrogens with one attached hydrogen (secondary N) is 3. The molecule has 4 nitrogen and oxygen atoms in total. The first-order valence-electron chi connectivity index (χ1n) is 7.54. The molecule has 1 aromatic carbocycles. The molecule has 0 spiro atoms. The van der Waals surface area contributed by atoms with Gasteiger partial charge in [0.1, 0.15) is 0 Å². The lowest BCUT2D eigenvalue weighted by Gasteiger charge is -2.28. The molecule has 2 heterocycles. The molecule has 0 amide bonds. The minimum absolute atomic E-state index is 0.306. The number of hydrogen-bond donors (Lipinski definition) is 3. The lowest BCUT2D eigenvalue weighted by atomic mass is 9.96. The second-order valence-electron chi connectivity index (χ2n) is 5.67. The van der Waals surface area contributed by atoms with Gasteiger partial charge in [0.15, 0.2) is 0 Å². The second-order valence-corrected chi connectivity index (χ2v) is 5.67. The first-order chi connectivity index (χ1) is 10.7. The molecule has 0 atom stereocenters. The van der Waals surface area contributed by atoms with Gasteiger partial charge >= 0.3 is 0 Å². The van der Waals surface area contributed by atoms with Crippen LogP contribution in [0.25, 0.3) is 5.70 Å². The number of allylic oxidation sites excluding steroid dienone is 1. The molecule has 0 aliphatic carbocycles. The smallest absolute Gasteiger partial charge is 0.0868 e. The second kappa shape index (κ2) is 5.73. The van der Waals surface area contributed by atoms with Crippen LogP contribution in [0.3, 0.4) is 0 Å². The highest BCUT2D eigenvalue weighted by molar-refractivity contribution is 5.82. The average Bonchev–Trinajstić information content (AvgIpc) is 2.94. The Hall–Kier alpha value is -2.46. The van der Waals surface area contributed by atoms with E-state index >= 15 is 0 Å². The number of hydrogen-bond acceptors (Lipinski definition) is 4. The highest BCUT2D eigenvalue weighted by Gasteiger charge is 2.30. The van der Waals surface area contributed by atoms with Gasteiger partial charge in [-0.05, 0) is 25.5 Å². The van der Waals surface area contributed by atoms with Crippen LogP contribution >= 0.6 is 0 Å². The number of anilines is 1. The third-order valence-corrected chi connectivity index (χ3v) is 4.01. The van der Waals surface area contributed by atoms with E-state index in [0.717, 1.165) is 40.3 Å². The molecule has 1 aromatic rings. The van der Waals surface area contributed by atoms with E-state index in [1.165, 1.54) is 0 Å². The molecular weight excluding hydrogens is 272 g/mol. The topological polar surface area (TPSA) is 39.3 Å². The maximum Gasteiger partial charge on any atom is 0.0868 e. The molecule has 22 heavy (non-hydrogen) atoms. The quantitative estimate of drug-likeness (QED) is 0.800. The Morgan fingerprint density at radius 1 is 1.18 bits per heavy atom. The maximum atomic E-state index is 4.02. The highest BCUT2D eigenvalue weighted by Crippen LogP contribution is 2.36. The number of hydrazine groups is 2. The Bertz CT molecular complexity index is 682. The van der Waals surface area contributed by atoms with Crippen LogP contribution in [0.15, 0.2) is 66.4 Å². The lowest BCUT2D eigenvalue weighted by Crippen LogP contribution is -2.42. The van der Waals surface area contributed by atoms with Gasteiger partial charge in [-0.1, -0.05) is 43.5 Å². The molecule has 0 unspecified atom stereocenters. The normalized spacial score (nSPS) is 20.6. The molecule has 0 radical (unpaired) electrons. The monoisotopic (exact) mass is 294 g/mol. The predicted octanol–water partition coefficient (Wildman–Crippen LogP) is 3.18. The lowest BCUT2D eigenvalue weighted by molar-refractivity contribution is 0.207. The van der Waals surface area contributed by atoms with Crippen LogP contribution in [0, 0.1) is 0 Å². The van der Waals surface area contributed by atoms with Crippen molar-refractivity contribution in [1.29, 1.82) is 0 Å². The molecule has 2 aliphatic heterocycles. The van der Waals surface area contributed by atoms with E-state index < -0.39 is 0 Å². The largest absolute Gasteiger partial charge is 0.380 e. The Morgan fingerprint density at radius 2 is 1.95 bits per heavy atom. The summed E-state index contributed by atoms with van der Waals surface area (Å²) in [5.74, 6) is 0. The third kappa shape index (κ3) is 2.22. The van der Waals surface area contributed by atoms with E-state index in [4.69, 9.17) is 0 Å². The fraction of sp³-hybridized carbons (Fsp3) is 0.222. The van der Waals surface area contributed by atoms with Crippen LogP contribution in [0.1, 0.15) is 19.4 Å². The van der Waals surface area contributed by atoms with Crippen molar-refractivity contribution in [3.8, 4) is 0 Å². The maximum absolute atomic E-state index is 4.02. The summed E-state index contributed by atoms with van der Waals surface area (Å²) in [4.78, 5) is 0. The zero-order chi connectivity index (χ0) is 15.7. The standard InChI is InChI=1S/C18H22N4/c1-5-13-11-19-16-10-8-7-9-15(16)17-18(14(13)6-2)22(12(3)4)21-20-17/h5-10,12,19-21H,1-2,11H2,3-4H3/b14-13-. The van der Waals surface area contributed by atoms with Crippen LogP contribution in [0.5, 0.6) is 0 Å². The summed E-state index contributed by atoms with van der Waals surface area (Å²) in [7, 11) is 0. The Morgan fingerprint density at radius 3 is 2.64 bits per heavy atom. The van der Waals surface area contributed by atoms with Crippen molar-refractivity contribution in [2.75, 3.05) is 11.9 Å². The van der Waals surface area contributed by atoms with Gasteiger partial charge in [-0.15, -0.1) is 5.53 Å². The Balaban J connectivity index is 2.29. The van der Waals surface area contributed by atoms with E-state index in [1.54, 1.807) is 0 Å². The first kappa shape index (κ1) is 14.5. The zero-order valence-corrected chi connectivity index (χ0v) is 13.1. The summed E-state index contributed by atoms with van der Waals surface area (Å²) in [6.07, 6.45) is 3.81. The van der Waals surface area contributed by atoms with E-state index in [9.17, 15) is 0 Å². The van der Waals surface area contributed by atoms with E-state index in [1.807, 2.05) is 18.2 Å². The SMILES string of the molecule is C=C/C1=C(\C=C)C2=C(NNN2C(C)C)c2ccccc2NC1. The van der Waals surface area contributed by atoms with Gasteiger partial charge in [-0.2, -0.15) is 0 Å². The van der Waals surface area contributed by atoms with E-state index in [0.29, 0.717) is 6.04 Å². The zero-order valence-electron chi connectivity index (χ0n) is 13.1. The van der Waals surface area contributed by atoms with Crippen LogP contribution in [0.4, 0.5) is 5.69 Å². The van der Waals surface area contributed by atoms with Gasteiger partial charge in [-0.25, -0.2) is 0 Å². The predicted molar refractivity (Wildman–Crippen MR) is 92.5 cm³/mol. The van der Waals surface area contributed by atoms with Crippen molar-refractivity contribution in [3.63, 3.8) is 0 Å². The molecule has 4 heteroatoms. The van der Waals surface area contributed by atoms with Crippen molar-refractivity contribution in [2.45, 2.75) is 19.9 Å². The molecule has 2 aliphatic rings. The Kier molecular flexibility index (Phi) is 3.77. The van der Waals surface area contributed by atoms with Crippen LogP contribution in [-0.4, -0.2) is 17.6 Å². The van der Waals surface area contributed by atoms with Crippen molar-refractivity contribution in [2.24, 2.45) is 0 Å². The Labute approximate surface area is 131 Å². The van der Waals surface area contributed by atoms with Gasteiger partial charge in [0, 0.05) is 29.4 Å². The third-order valence-electron chi connectivity index (χ3n) is 4.01. The number of fused-ring (bicyclic) bond motifs is 2. The number of nitrogens with zero attached hydrogens (tertiary/aromatic N) is 1. The minimum Gasteiger partial charge on any atom is -0.380 e. The molecule has 0 saturated heterocycles. The summed E-state index contributed by atoms with van der Waals surface area (Å²) >= 11 is 0. The highest BCUT2D eigenvalue weighted by atomic mass is 15.7. The fourth-order valence-electron chi connectivity index (χ4n) is 2.90. The average molecular weight is 294 g/mol. The molecular formula is C18H22N4. The van der Waals surface area contributed by atoms with E-state index in [2.05, 4.69) is 66.5 Å². The van der Waals surface area contributed by atoms with Crippen LogP contribution < -0.4 is 16.3 Å². The number of benzene rings is 1. The van der Waals surface area contributed by atoms with Gasteiger partial charge in [0.25, 0.3) is 0 Å². The van der Waals surface area contributed by atoms with Crippen LogP contribution in [-0.2, 0) is 0 Å². The van der Waals surface area contributed by atoms with Gasteiger partial charge in [0.05, 0.1) is 11.4 Å². The van der Waals surface area contributed by atoms with Crippen molar-refractivity contribution < 1.29 is 0 Å². The van der Waals surface area contributed by atoms with Gasteiger partial charge in [-0.3, -0.25) is 5.01 Å². The number of rotatable bonds is 3. The summed E-state index contributed by atoms with van der Waals surface area (Å²) < 4.78 is 0. The molecule has 0 bridgehead atoms. The summed E-state index contributed by atoms with van der Waals surface area (Å²) in [5.41, 5.74) is 13.3. The summed E-state index contributed by atoms with van der Waals surface area (Å²) in [6, 6.07) is 8.62. The van der Waals surface area contributed by atoms with Gasteiger partial charge < -0.3 is 10.7 Å². The fourth-order valence-corrected chi connectivity index (χ4v) is 2.90.